The number of nitrogens with zero attached hydrogens (tertiary/aromatic N) is 2. The lowest BCUT2D eigenvalue weighted by molar-refractivity contribution is -0.385. The maximum absolute atomic E-state index is 14.3. The van der Waals surface area contributed by atoms with E-state index in [-0.39, 0.29) is 35.6 Å². The number of aliphatic imine (C=N–C) groups is 1. The van der Waals surface area contributed by atoms with Crippen LogP contribution in [-0.2, 0) is 16.1 Å². The van der Waals surface area contributed by atoms with Crippen molar-refractivity contribution in [2.75, 3.05) is 7.11 Å². The Bertz CT molecular complexity index is 995. The normalized spacial score (nSPS) is 24.9. The van der Waals surface area contributed by atoms with Gasteiger partial charge in [0.1, 0.15) is 5.76 Å². The Balaban J connectivity index is 1.45. The molecule has 1 fully saturated rings. The first kappa shape index (κ1) is 21.1. The van der Waals surface area contributed by atoms with Gasteiger partial charge in [-0.25, -0.2) is 4.39 Å². The highest BCUT2D eigenvalue weighted by molar-refractivity contribution is 5.73. The van der Waals surface area contributed by atoms with Gasteiger partial charge in [-0.1, -0.05) is 30.3 Å². The molecule has 3 unspecified atom stereocenters. The second-order valence-corrected chi connectivity index (χ2v) is 7.60. The van der Waals surface area contributed by atoms with Crippen molar-refractivity contribution in [2.24, 2.45) is 10.9 Å². The number of rotatable bonds is 7. The summed E-state index contributed by atoms with van der Waals surface area (Å²) in [5.74, 6) is -0.364. The predicted molar refractivity (Wildman–Crippen MR) is 113 cm³/mol. The van der Waals surface area contributed by atoms with Crippen molar-refractivity contribution in [3.8, 4) is 5.75 Å². The lowest BCUT2D eigenvalue weighted by atomic mass is 9.79. The smallest absolute Gasteiger partial charge is 0.272 e. The zero-order chi connectivity index (χ0) is 21.8. The van der Waals surface area contributed by atoms with Crippen LogP contribution in [0.5, 0.6) is 5.75 Å². The number of nitro benzene ring substituents is 1. The fourth-order valence-electron chi connectivity index (χ4n) is 4.06. The zero-order valence-electron chi connectivity index (χ0n) is 17.0. The molecule has 4 rings (SSSR count). The standard InChI is InChI=1S/C23H23FN2O5/c1-29-22-12-17-19(13-23(22)30-14-15-5-3-2-4-6-15)25-10-9-20(17)31-21-8-7-16(26(27)28)11-18(21)24/h2-11,17,19,22-23H,12-14H2,1H3/t17?,19?,22-,23?/m0/s1. The van der Waals surface area contributed by atoms with Gasteiger partial charge >= 0.3 is 0 Å². The monoisotopic (exact) mass is 426 g/mol. The molecule has 2 aromatic rings. The van der Waals surface area contributed by atoms with Gasteiger partial charge in [0.05, 0.1) is 35.8 Å². The molecule has 1 aliphatic heterocycles. The van der Waals surface area contributed by atoms with E-state index in [1.54, 1.807) is 19.4 Å². The molecule has 2 aromatic carbocycles. The first-order valence-corrected chi connectivity index (χ1v) is 10.1. The van der Waals surface area contributed by atoms with Gasteiger partial charge in [0, 0.05) is 25.3 Å². The molecule has 7 nitrogen and oxygen atoms in total. The lowest BCUT2D eigenvalue weighted by Crippen LogP contribution is -2.45. The summed E-state index contributed by atoms with van der Waals surface area (Å²) in [6.45, 7) is 0.486. The van der Waals surface area contributed by atoms with Gasteiger partial charge in [0.15, 0.2) is 11.6 Å². The zero-order valence-corrected chi connectivity index (χ0v) is 17.0. The molecule has 0 bridgehead atoms. The Morgan fingerprint density at radius 3 is 2.68 bits per heavy atom. The fourth-order valence-corrected chi connectivity index (χ4v) is 4.06. The van der Waals surface area contributed by atoms with Gasteiger partial charge in [-0.05, 0) is 30.5 Å². The van der Waals surface area contributed by atoms with Crippen LogP contribution < -0.4 is 4.74 Å². The Morgan fingerprint density at radius 1 is 1.16 bits per heavy atom. The molecule has 0 saturated heterocycles. The molecule has 0 N–H and O–H groups in total. The largest absolute Gasteiger partial charge is 0.458 e. The maximum Gasteiger partial charge on any atom is 0.272 e. The highest BCUT2D eigenvalue weighted by Gasteiger charge is 2.41. The van der Waals surface area contributed by atoms with E-state index in [0.717, 1.165) is 11.6 Å². The summed E-state index contributed by atoms with van der Waals surface area (Å²) in [6.07, 6.45) is 4.33. The van der Waals surface area contributed by atoms with Gasteiger partial charge in [0.25, 0.3) is 5.69 Å². The number of non-ortho nitro benzene ring substituents is 1. The van der Waals surface area contributed by atoms with Gasteiger partial charge < -0.3 is 14.2 Å². The highest BCUT2D eigenvalue weighted by atomic mass is 19.1. The van der Waals surface area contributed by atoms with Crippen molar-refractivity contribution in [1.29, 1.82) is 0 Å². The molecule has 1 saturated carbocycles. The summed E-state index contributed by atoms with van der Waals surface area (Å²) < 4.78 is 32.0. The SMILES string of the molecule is CO[C@H]1CC2C(Oc3ccc([N+](=O)[O-])cc3F)=CC=NC2CC1OCc1ccccc1. The summed E-state index contributed by atoms with van der Waals surface area (Å²) >= 11 is 0. The van der Waals surface area contributed by atoms with E-state index in [0.29, 0.717) is 25.2 Å². The summed E-state index contributed by atoms with van der Waals surface area (Å²) in [7, 11) is 1.65. The summed E-state index contributed by atoms with van der Waals surface area (Å²) in [5, 5.41) is 10.8. The van der Waals surface area contributed by atoms with Gasteiger partial charge in [-0.3, -0.25) is 15.1 Å². The molecule has 162 valence electrons. The summed E-state index contributed by atoms with van der Waals surface area (Å²) in [5.41, 5.74) is 0.765. The minimum atomic E-state index is -0.780. The van der Waals surface area contributed by atoms with E-state index in [9.17, 15) is 14.5 Å². The molecule has 31 heavy (non-hydrogen) atoms. The molecule has 2 aliphatic rings. The maximum atomic E-state index is 14.3. The Hall–Kier alpha value is -3.10. The van der Waals surface area contributed by atoms with E-state index in [1.807, 2.05) is 30.3 Å². The molecule has 0 spiro atoms. The first-order valence-electron chi connectivity index (χ1n) is 10.1. The van der Waals surface area contributed by atoms with E-state index >= 15 is 0 Å². The van der Waals surface area contributed by atoms with Crippen molar-refractivity contribution in [2.45, 2.75) is 37.7 Å². The van der Waals surface area contributed by atoms with Crippen molar-refractivity contribution >= 4 is 11.9 Å². The molecule has 1 heterocycles. The first-order chi connectivity index (χ1) is 15.0. The van der Waals surface area contributed by atoms with E-state index in [2.05, 4.69) is 4.99 Å². The number of hydrogen-bond donors (Lipinski definition) is 0. The van der Waals surface area contributed by atoms with Crippen LogP contribution in [0.1, 0.15) is 18.4 Å². The molecular weight excluding hydrogens is 403 g/mol. The van der Waals surface area contributed by atoms with Crippen LogP contribution in [0.15, 0.2) is 65.4 Å². The highest BCUT2D eigenvalue weighted by Crippen LogP contribution is 2.38. The Labute approximate surface area is 179 Å². The average Bonchev–Trinajstić information content (AvgIpc) is 2.79. The fraction of sp³-hybridized carbons (Fsp3) is 0.348. The van der Waals surface area contributed by atoms with Crippen molar-refractivity contribution in [1.82, 2.24) is 0 Å². The number of hydrogen-bond acceptors (Lipinski definition) is 6. The number of benzene rings is 2. The van der Waals surface area contributed by atoms with E-state index < -0.39 is 10.7 Å². The van der Waals surface area contributed by atoms with Crippen LogP contribution in [-0.4, -0.2) is 36.5 Å². The minimum Gasteiger partial charge on any atom is -0.458 e. The van der Waals surface area contributed by atoms with Gasteiger partial charge in [0.2, 0.25) is 0 Å². The van der Waals surface area contributed by atoms with Gasteiger partial charge in [-0.2, -0.15) is 0 Å². The van der Waals surface area contributed by atoms with Crippen LogP contribution >= 0.6 is 0 Å². The van der Waals surface area contributed by atoms with Crippen molar-refractivity contribution in [3.05, 3.63) is 81.9 Å². The van der Waals surface area contributed by atoms with Crippen molar-refractivity contribution < 1.29 is 23.5 Å². The van der Waals surface area contributed by atoms with E-state index in [1.165, 1.54) is 12.1 Å². The Kier molecular flexibility index (Phi) is 6.39. The number of allylic oxidation sites excluding steroid dienone is 1. The topological polar surface area (TPSA) is 83.2 Å². The van der Waals surface area contributed by atoms with Crippen LogP contribution in [0.3, 0.4) is 0 Å². The number of fused-ring (bicyclic) bond motifs is 1. The van der Waals surface area contributed by atoms with E-state index in [4.69, 9.17) is 14.2 Å². The number of methoxy groups -OCH3 is 1. The molecule has 0 aromatic heterocycles. The number of ether oxygens (including phenoxy) is 3. The molecular formula is C23H23FN2O5. The second kappa shape index (κ2) is 9.36. The minimum absolute atomic E-state index is 0.0534. The lowest BCUT2D eigenvalue weighted by Gasteiger charge is -2.40. The molecule has 1 aliphatic carbocycles. The summed E-state index contributed by atoms with van der Waals surface area (Å²) in [6, 6.07) is 13.2. The number of halogens is 1. The van der Waals surface area contributed by atoms with Crippen LogP contribution in [0.25, 0.3) is 0 Å². The number of nitro groups is 1. The molecule has 0 radical (unpaired) electrons. The molecule has 0 amide bonds. The number of dihydropyridines is 1. The van der Waals surface area contributed by atoms with Crippen LogP contribution in [0.2, 0.25) is 0 Å². The second-order valence-electron chi connectivity index (χ2n) is 7.60. The van der Waals surface area contributed by atoms with Gasteiger partial charge in [-0.15, -0.1) is 0 Å². The third-order valence-electron chi connectivity index (χ3n) is 5.68. The Morgan fingerprint density at radius 2 is 1.97 bits per heavy atom. The van der Waals surface area contributed by atoms with Crippen molar-refractivity contribution in [3.63, 3.8) is 0 Å². The summed E-state index contributed by atoms with van der Waals surface area (Å²) in [4.78, 5) is 14.8. The quantitative estimate of drug-likeness (QED) is 0.482. The average molecular weight is 426 g/mol. The third kappa shape index (κ3) is 4.81. The molecule has 8 heteroatoms. The van der Waals surface area contributed by atoms with Crippen LogP contribution in [0.4, 0.5) is 10.1 Å². The predicted octanol–water partition coefficient (Wildman–Crippen LogP) is 4.46. The van der Waals surface area contributed by atoms with Crippen LogP contribution in [0, 0.1) is 21.8 Å². The molecule has 4 atom stereocenters. The third-order valence-corrected chi connectivity index (χ3v) is 5.68.